The number of benzene rings is 2. The minimum Gasteiger partial charge on any atom is -0.486 e. The molecular weight excluding hydrogens is 346 g/mol. The lowest BCUT2D eigenvalue weighted by Gasteiger charge is -2.09. The van der Waals surface area contributed by atoms with Crippen LogP contribution in [0.3, 0.4) is 0 Å². The fraction of sp³-hybridized carbons (Fsp3) is 0.238. The fourth-order valence-electron chi connectivity index (χ4n) is 2.58. The summed E-state index contributed by atoms with van der Waals surface area (Å²) in [5.74, 6) is 1.02. The summed E-state index contributed by atoms with van der Waals surface area (Å²) in [6, 6.07) is 13.6. The maximum Gasteiger partial charge on any atom is 0.355 e. The SMILES string of the molecule is Cc1ccc(OCc2nc(C)c(C(=O)Oc3c(C)cccc3C)s2)cc1. The molecule has 0 fully saturated rings. The predicted molar refractivity (Wildman–Crippen MR) is 103 cm³/mol. The maximum absolute atomic E-state index is 12.6. The molecule has 0 aliphatic heterocycles. The van der Waals surface area contributed by atoms with Gasteiger partial charge in [-0.15, -0.1) is 11.3 Å². The standard InChI is InChI=1S/C21H21NO3S/c1-13-8-10-17(11-9-13)24-12-18-22-16(4)20(26-18)21(23)25-19-14(2)6-5-7-15(19)3/h5-11H,12H2,1-4H3. The van der Waals surface area contributed by atoms with Crippen molar-refractivity contribution in [2.45, 2.75) is 34.3 Å². The molecule has 2 aromatic carbocycles. The number of rotatable bonds is 5. The molecule has 3 rings (SSSR count). The highest BCUT2D eigenvalue weighted by Crippen LogP contribution is 2.26. The number of aromatic nitrogens is 1. The van der Waals surface area contributed by atoms with E-state index in [1.807, 2.05) is 70.2 Å². The Hall–Kier alpha value is -2.66. The van der Waals surface area contributed by atoms with E-state index < -0.39 is 0 Å². The van der Waals surface area contributed by atoms with Crippen LogP contribution in [0.5, 0.6) is 11.5 Å². The molecule has 1 heterocycles. The van der Waals surface area contributed by atoms with E-state index in [9.17, 15) is 4.79 Å². The van der Waals surface area contributed by atoms with Crippen molar-refractivity contribution in [3.8, 4) is 11.5 Å². The van der Waals surface area contributed by atoms with Crippen LogP contribution in [0.1, 0.15) is 37.1 Å². The Morgan fingerprint density at radius 2 is 1.65 bits per heavy atom. The third-order valence-electron chi connectivity index (χ3n) is 4.01. The van der Waals surface area contributed by atoms with Crippen molar-refractivity contribution in [2.24, 2.45) is 0 Å². The number of carbonyl (C=O) groups excluding carboxylic acids is 1. The molecule has 0 amide bonds. The van der Waals surface area contributed by atoms with Crippen LogP contribution in [0.15, 0.2) is 42.5 Å². The summed E-state index contributed by atoms with van der Waals surface area (Å²) in [6.45, 7) is 8.02. The number of thiazole rings is 1. The van der Waals surface area contributed by atoms with Gasteiger partial charge in [-0.2, -0.15) is 0 Å². The smallest absolute Gasteiger partial charge is 0.355 e. The van der Waals surface area contributed by atoms with E-state index in [1.165, 1.54) is 16.9 Å². The van der Waals surface area contributed by atoms with Crippen molar-refractivity contribution in [1.29, 1.82) is 0 Å². The number of carbonyl (C=O) groups is 1. The van der Waals surface area contributed by atoms with Crippen LogP contribution in [0, 0.1) is 27.7 Å². The summed E-state index contributed by atoms with van der Waals surface area (Å²) >= 11 is 1.31. The molecule has 0 N–H and O–H groups in total. The number of nitrogens with zero attached hydrogens (tertiary/aromatic N) is 1. The van der Waals surface area contributed by atoms with Gasteiger partial charge in [0.25, 0.3) is 0 Å². The summed E-state index contributed by atoms with van der Waals surface area (Å²) < 4.78 is 11.4. The second-order valence-corrected chi connectivity index (χ2v) is 7.32. The van der Waals surface area contributed by atoms with E-state index in [1.54, 1.807) is 0 Å². The van der Waals surface area contributed by atoms with Gasteiger partial charge in [-0.3, -0.25) is 0 Å². The van der Waals surface area contributed by atoms with Gasteiger partial charge in [0.15, 0.2) is 0 Å². The van der Waals surface area contributed by atoms with Crippen LogP contribution in [0.2, 0.25) is 0 Å². The Kier molecular flexibility index (Phi) is 5.38. The van der Waals surface area contributed by atoms with Crippen LogP contribution in [-0.4, -0.2) is 11.0 Å². The normalized spacial score (nSPS) is 10.6. The lowest BCUT2D eigenvalue weighted by atomic mass is 10.1. The fourth-order valence-corrected chi connectivity index (χ4v) is 3.44. The van der Waals surface area contributed by atoms with Crippen molar-refractivity contribution in [2.75, 3.05) is 0 Å². The number of esters is 1. The molecule has 3 aromatic rings. The van der Waals surface area contributed by atoms with Gasteiger partial charge < -0.3 is 9.47 Å². The molecule has 5 heteroatoms. The second-order valence-electron chi connectivity index (χ2n) is 6.23. The highest BCUT2D eigenvalue weighted by atomic mass is 32.1. The van der Waals surface area contributed by atoms with Crippen molar-refractivity contribution in [1.82, 2.24) is 4.98 Å². The van der Waals surface area contributed by atoms with Crippen LogP contribution in [0.4, 0.5) is 0 Å². The minimum absolute atomic E-state index is 0.325. The zero-order valence-electron chi connectivity index (χ0n) is 15.3. The molecule has 0 atom stereocenters. The summed E-state index contributed by atoms with van der Waals surface area (Å²) in [5, 5.41) is 0.747. The third-order valence-corrected chi connectivity index (χ3v) is 5.12. The topological polar surface area (TPSA) is 48.4 Å². The lowest BCUT2D eigenvalue weighted by Crippen LogP contribution is -2.09. The Morgan fingerprint density at radius 3 is 2.31 bits per heavy atom. The largest absolute Gasteiger partial charge is 0.486 e. The van der Waals surface area contributed by atoms with Gasteiger partial charge in [0, 0.05) is 0 Å². The monoisotopic (exact) mass is 367 g/mol. The van der Waals surface area contributed by atoms with Crippen molar-refractivity contribution >= 4 is 17.3 Å². The molecule has 0 aliphatic rings. The van der Waals surface area contributed by atoms with Gasteiger partial charge in [-0.25, -0.2) is 9.78 Å². The molecule has 0 aliphatic carbocycles. The van der Waals surface area contributed by atoms with Crippen LogP contribution in [0.25, 0.3) is 0 Å². The quantitative estimate of drug-likeness (QED) is 0.461. The van der Waals surface area contributed by atoms with Gasteiger partial charge in [0.05, 0.1) is 5.69 Å². The van der Waals surface area contributed by atoms with Gasteiger partial charge in [0.2, 0.25) is 0 Å². The summed E-state index contributed by atoms with van der Waals surface area (Å²) in [5.41, 5.74) is 3.71. The Morgan fingerprint density at radius 1 is 1.00 bits per heavy atom. The predicted octanol–water partition coefficient (Wildman–Crippen LogP) is 5.17. The van der Waals surface area contributed by atoms with Gasteiger partial charge in [0.1, 0.15) is 28.0 Å². The van der Waals surface area contributed by atoms with Crippen molar-refractivity contribution < 1.29 is 14.3 Å². The molecule has 4 nitrogen and oxygen atoms in total. The molecule has 0 saturated carbocycles. The molecule has 0 saturated heterocycles. The second kappa shape index (κ2) is 7.70. The van der Waals surface area contributed by atoms with Crippen molar-refractivity contribution in [3.63, 3.8) is 0 Å². The molecule has 26 heavy (non-hydrogen) atoms. The zero-order valence-corrected chi connectivity index (χ0v) is 16.1. The molecule has 0 radical (unpaired) electrons. The average Bonchev–Trinajstić information content (AvgIpc) is 2.98. The number of hydrogen-bond donors (Lipinski definition) is 0. The minimum atomic E-state index is -0.376. The van der Waals surface area contributed by atoms with E-state index >= 15 is 0 Å². The average molecular weight is 367 g/mol. The number of hydrogen-bond acceptors (Lipinski definition) is 5. The molecule has 0 spiro atoms. The Labute approximate surface area is 157 Å². The maximum atomic E-state index is 12.6. The first-order chi connectivity index (χ1) is 12.4. The van der Waals surface area contributed by atoms with E-state index in [4.69, 9.17) is 9.47 Å². The number of aryl methyl sites for hydroxylation is 4. The summed E-state index contributed by atoms with van der Waals surface area (Å²) in [4.78, 5) is 17.5. The number of ether oxygens (including phenoxy) is 2. The van der Waals surface area contributed by atoms with E-state index in [0.717, 1.165) is 21.9 Å². The molecular formula is C21H21NO3S. The van der Waals surface area contributed by atoms with Crippen LogP contribution >= 0.6 is 11.3 Å². The van der Waals surface area contributed by atoms with Gasteiger partial charge >= 0.3 is 5.97 Å². The van der Waals surface area contributed by atoms with Crippen LogP contribution < -0.4 is 9.47 Å². The first kappa shape index (κ1) is 18.1. The van der Waals surface area contributed by atoms with Crippen LogP contribution in [-0.2, 0) is 6.61 Å². The lowest BCUT2D eigenvalue weighted by molar-refractivity contribution is 0.0736. The molecule has 0 unspecified atom stereocenters. The van der Waals surface area contributed by atoms with Crippen molar-refractivity contribution in [3.05, 3.63) is 74.7 Å². The zero-order chi connectivity index (χ0) is 18.7. The van der Waals surface area contributed by atoms with Gasteiger partial charge in [-0.1, -0.05) is 35.9 Å². The van der Waals surface area contributed by atoms with E-state index in [0.29, 0.717) is 22.9 Å². The molecule has 1 aromatic heterocycles. The molecule has 134 valence electrons. The highest BCUT2D eigenvalue weighted by molar-refractivity contribution is 7.13. The first-order valence-electron chi connectivity index (χ1n) is 8.38. The summed E-state index contributed by atoms with van der Waals surface area (Å²) in [6.07, 6.45) is 0. The summed E-state index contributed by atoms with van der Waals surface area (Å²) in [7, 11) is 0. The third kappa shape index (κ3) is 4.11. The van der Waals surface area contributed by atoms with E-state index in [2.05, 4.69) is 4.98 Å². The van der Waals surface area contributed by atoms with Gasteiger partial charge in [-0.05, 0) is 51.0 Å². The number of para-hydroxylation sites is 1. The highest BCUT2D eigenvalue weighted by Gasteiger charge is 2.19. The van der Waals surface area contributed by atoms with E-state index in [-0.39, 0.29) is 5.97 Å². The Balaban J connectivity index is 1.71. The molecule has 0 bridgehead atoms. The Bertz CT molecular complexity index is 909. The first-order valence-corrected chi connectivity index (χ1v) is 9.20.